The smallest absolute Gasteiger partial charge is 0.140 e. The molecular formula is C13H24ClN5O. The van der Waals surface area contributed by atoms with E-state index in [9.17, 15) is 0 Å². The van der Waals surface area contributed by atoms with Crippen molar-refractivity contribution >= 4 is 17.4 Å². The molecular weight excluding hydrogens is 278 g/mol. The second-order valence-electron chi connectivity index (χ2n) is 4.59. The van der Waals surface area contributed by atoms with Gasteiger partial charge in [-0.05, 0) is 19.9 Å². The maximum atomic E-state index is 8.58. The summed E-state index contributed by atoms with van der Waals surface area (Å²) in [6.45, 7) is 9.28. The predicted octanol–water partition coefficient (Wildman–Crippen LogP) is 2.08. The van der Waals surface area contributed by atoms with Crippen LogP contribution in [0.3, 0.4) is 0 Å². The first-order valence-electron chi connectivity index (χ1n) is 7.00. The number of halogens is 1. The van der Waals surface area contributed by atoms with Gasteiger partial charge in [0.25, 0.3) is 0 Å². The molecule has 1 rings (SSSR count). The molecule has 0 saturated carbocycles. The lowest BCUT2D eigenvalue weighted by molar-refractivity contribution is 0.275. The molecule has 0 amide bonds. The van der Waals surface area contributed by atoms with Crippen LogP contribution in [0.4, 0.5) is 0 Å². The monoisotopic (exact) mass is 301 g/mol. The largest absolute Gasteiger partial charge is 0.409 e. The maximum absolute atomic E-state index is 8.58. The van der Waals surface area contributed by atoms with E-state index in [2.05, 4.69) is 29.0 Å². The topological polar surface area (TPSA) is 79.7 Å². The maximum Gasteiger partial charge on any atom is 0.140 e. The quantitative estimate of drug-likeness (QED) is 0.333. The fourth-order valence-electron chi connectivity index (χ4n) is 2.05. The number of hydrogen-bond donors (Lipinski definition) is 2. The average molecular weight is 302 g/mol. The SMILES string of the molecule is CCc1nn(CC)c(CN(CC)CCC(N)=NO)c1Cl. The summed E-state index contributed by atoms with van der Waals surface area (Å²) in [6, 6.07) is 0. The Bertz CT molecular complexity index is 458. The highest BCUT2D eigenvalue weighted by molar-refractivity contribution is 6.31. The first-order chi connectivity index (χ1) is 9.57. The number of amidine groups is 1. The molecule has 20 heavy (non-hydrogen) atoms. The number of nitrogens with zero attached hydrogens (tertiary/aromatic N) is 4. The molecule has 1 aromatic rings. The molecule has 6 nitrogen and oxygen atoms in total. The number of nitrogens with two attached hydrogens (primary N) is 1. The lowest BCUT2D eigenvalue weighted by Crippen LogP contribution is -2.29. The summed E-state index contributed by atoms with van der Waals surface area (Å²) in [5, 5.41) is 16.9. The Balaban J connectivity index is 2.81. The summed E-state index contributed by atoms with van der Waals surface area (Å²) in [5.74, 6) is 0.243. The van der Waals surface area contributed by atoms with E-state index >= 15 is 0 Å². The second kappa shape index (κ2) is 8.11. The van der Waals surface area contributed by atoms with Gasteiger partial charge in [0.05, 0.1) is 16.4 Å². The number of rotatable bonds is 8. The lowest BCUT2D eigenvalue weighted by atomic mass is 10.2. The molecule has 0 aliphatic rings. The Morgan fingerprint density at radius 1 is 1.45 bits per heavy atom. The van der Waals surface area contributed by atoms with Crippen LogP contribution in [0.25, 0.3) is 0 Å². The molecule has 0 fully saturated rings. The fourth-order valence-corrected chi connectivity index (χ4v) is 2.38. The zero-order chi connectivity index (χ0) is 15.1. The lowest BCUT2D eigenvalue weighted by Gasteiger charge is -2.20. The summed E-state index contributed by atoms with van der Waals surface area (Å²) in [5.41, 5.74) is 7.49. The number of oxime groups is 1. The summed E-state index contributed by atoms with van der Waals surface area (Å²) >= 11 is 6.40. The highest BCUT2D eigenvalue weighted by Crippen LogP contribution is 2.23. The van der Waals surface area contributed by atoms with Gasteiger partial charge in [-0.15, -0.1) is 0 Å². The highest BCUT2D eigenvalue weighted by atomic mass is 35.5. The molecule has 114 valence electrons. The Labute approximate surface area is 125 Å². The van der Waals surface area contributed by atoms with Crippen molar-refractivity contribution < 1.29 is 5.21 Å². The molecule has 0 aliphatic carbocycles. The van der Waals surface area contributed by atoms with Gasteiger partial charge in [-0.3, -0.25) is 9.58 Å². The van der Waals surface area contributed by atoms with Crippen molar-refractivity contribution in [1.29, 1.82) is 0 Å². The number of aromatic nitrogens is 2. The van der Waals surface area contributed by atoms with Gasteiger partial charge in [0.1, 0.15) is 5.84 Å². The van der Waals surface area contributed by atoms with Gasteiger partial charge < -0.3 is 10.9 Å². The van der Waals surface area contributed by atoms with Crippen LogP contribution < -0.4 is 5.73 Å². The van der Waals surface area contributed by atoms with Crippen molar-refractivity contribution in [2.45, 2.75) is 46.7 Å². The zero-order valence-corrected chi connectivity index (χ0v) is 13.2. The van der Waals surface area contributed by atoms with Gasteiger partial charge in [-0.25, -0.2) is 0 Å². The minimum Gasteiger partial charge on any atom is -0.409 e. The van der Waals surface area contributed by atoms with Gasteiger partial charge >= 0.3 is 0 Å². The van der Waals surface area contributed by atoms with Crippen molar-refractivity contribution in [3.63, 3.8) is 0 Å². The van der Waals surface area contributed by atoms with Crippen molar-refractivity contribution in [2.75, 3.05) is 13.1 Å². The van der Waals surface area contributed by atoms with E-state index in [1.165, 1.54) is 0 Å². The molecule has 0 saturated heterocycles. The third kappa shape index (κ3) is 4.11. The van der Waals surface area contributed by atoms with E-state index in [1.54, 1.807) is 0 Å². The van der Waals surface area contributed by atoms with Crippen LogP contribution in [0, 0.1) is 0 Å². The third-order valence-electron chi connectivity index (χ3n) is 3.33. The minimum absolute atomic E-state index is 0.243. The van der Waals surface area contributed by atoms with Crippen LogP contribution in [-0.2, 0) is 19.5 Å². The van der Waals surface area contributed by atoms with Crippen LogP contribution in [0.15, 0.2) is 5.16 Å². The van der Waals surface area contributed by atoms with Crippen molar-refractivity contribution in [2.24, 2.45) is 10.9 Å². The van der Waals surface area contributed by atoms with Gasteiger partial charge in [-0.2, -0.15) is 5.10 Å². The molecule has 3 N–H and O–H groups in total. The molecule has 1 heterocycles. The molecule has 0 bridgehead atoms. The second-order valence-corrected chi connectivity index (χ2v) is 4.96. The van der Waals surface area contributed by atoms with Crippen molar-refractivity contribution in [3.8, 4) is 0 Å². The fraction of sp³-hybridized carbons (Fsp3) is 0.692. The molecule has 0 spiro atoms. The van der Waals surface area contributed by atoms with Crippen molar-refractivity contribution in [3.05, 3.63) is 16.4 Å². The van der Waals surface area contributed by atoms with E-state index in [4.69, 9.17) is 22.5 Å². The summed E-state index contributed by atoms with van der Waals surface area (Å²) < 4.78 is 1.95. The van der Waals surface area contributed by atoms with E-state index in [0.717, 1.165) is 49.0 Å². The van der Waals surface area contributed by atoms with Crippen LogP contribution in [0.1, 0.15) is 38.6 Å². The van der Waals surface area contributed by atoms with Gasteiger partial charge in [0, 0.05) is 26.1 Å². The van der Waals surface area contributed by atoms with E-state index < -0.39 is 0 Å². The molecule has 0 aliphatic heterocycles. The molecule has 0 aromatic carbocycles. The van der Waals surface area contributed by atoms with Gasteiger partial charge in [-0.1, -0.05) is 30.6 Å². The first-order valence-corrected chi connectivity index (χ1v) is 7.37. The first kappa shape index (κ1) is 16.8. The van der Waals surface area contributed by atoms with Gasteiger partial charge in [0.2, 0.25) is 0 Å². The number of hydrogen-bond acceptors (Lipinski definition) is 4. The Morgan fingerprint density at radius 3 is 2.65 bits per heavy atom. The molecule has 7 heteroatoms. The van der Waals surface area contributed by atoms with Crippen molar-refractivity contribution in [1.82, 2.24) is 14.7 Å². The Kier molecular flexibility index (Phi) is 6.81. The average Bonchev–Trinajstić information content (AvgIpc) is 2.78. The Morgan fingerprint density at radius 2 is 2.15 bits per heavy atom. The highest BCUT2D eigenvalue weighted by Gasteiger charge is 2.16. The molecule has 0 radical (unpaired) electrons. The van der Waals surface area contributed by atoms with Crippen LogP contribution in [-0.4, -0.2) is 38.8 Å². The van der Waals surface area contributed by atoms with Crippen LogP contribution in [0.2, 0.25) is 5.02 Å². The Hall–Kier alpha value is -1.27. The summed E-state index contributed by atoms with van der Waals surface area (Å²) in [7, 11) is 0. The van der Waals surface area contributed by atoms with Crippen LogP contribution in [0.5, 0.6) is 0 Å². The van der Waals surface area contributed by atoms with Crippen LogP contribution >= 0.6 is 11.6 Å². The normalized spacial score (nSPS) is 12.3. The summed E-state index contributed by atoms with van der Waals surface area (Å²) in [4.78, 5) is 2.20. The van der Waals surface area contributed by atoms with E-state index in [1.807, 2.05) is 11.6 Å². The predicted molar refractivity (Wildman–Crippen MR) is 81.3 cm³/mol. The molecule has 0 unspecified atom stereocenters. The number of aryl methyl sites for hydroxylation is 2. The molecule has 1 aromatic heterocycles. The molecule has 0 atom stereocenters. The van der Waals surface area contributed by atoms with Gasteiger partial charge in [0.15, 0.2) is 0 Å². The minimum atomic E-state index is 0.243. The standard InChI is InChI=1S/C13H24ClN5O/c1-4-10-13(14)11(19(6-3)16-10)9-18(5-2)8-7-12(15)17-20/h20H,4-9H2,1-3H3,(H2,15,17). The third-order valence-corrected chi connectivity index (χ3v) is 3.76. The summed E-state index contributed by atoms with van der Waals surface area (Å²) in [6.07, 6.45) is 1.36. The van der Waals surface area contributed by atoms with E-state index in [-0.39, 0.29) is 5.84 Å². The van der Waals surface area contributed by atoms with E-state index in [0.29, 0.717) is 6.42 Å². The zero-order valence-electron chi connectivity index (χ0n) is 12.4.